The molecule has 5 N–H and O–H groups in total. The maximum Gasteiger partial charge on any atom is 0.266 e. The maximum atomic E-state index is 13.1. The second-order valence-electron chi connectivity index (χ2n) is 6.18. The van der Waals surface area contributed by atoms with E-state index in [0.717, 1.165) is 5.56 Å². The van der Waals surface area contributed by atoms with Crippen molar-refractivity contribution in [1.29, 1.82) is 0 Å². The summed E-state index contributed by atoms with van der Waals surface area (Å²) >= 11 is 4.30. The molecule has 3 heterocycles. The monoisotopic (exact) mass is 486 g/mol. The molecule has 1 atom stereocenters. The molecular formula is C18H15BrN8O2S. The molecule has 0 radical (unpaired) electrons. The minimum Gasteiger partial charge on any atom is -0.368 e. The molecule has 0 saturated heterocycles. The number of amides is 1. The van der Waals surface area contributed by atoms with Gasteiger partial charge in [0.1, 0.15) is 15.0 Å². The molecule has 3 aromatic heterocycles. The van der Waals surface area contributed by atoms with E-state index in [2.05, 4.69) is 51.2 Å². The highest BCUT2D eigenvalue weighted by molar-refractivity contribution is 9.10. The predicted molar refractivity (Wildman–Crippen MR) is 117 cm³/mol. The highest BCUT2D eigenvalue weighted by Crippen LogP contribution is 2.30. The predicted octanol–water partition coefficient (Wildman–Crippen LogP) is 2.12. The van der Waals surface area contributed by atoms with Crippen molar-refractivity contribution in [2.75, 3.05) is 11.1 Å². The van der Waals surface area contributed by atoms with Crippen LogP contribution < -0.4 is 16.6 Å². The number of rotatable bonds is 6. The number of aromatic amines is 2. The molecule has 4 aromatic rings. The van der Waals surface area contributed by atoms with Crippen molar-refractivity contribution in [3.63, 3.8) is 0 Å². The highest BCUT2D eigenvalue weighted by atomic mass is 79.9. The van der Waals surface area contributed by atoms with E-state index in [9.17, 15) is 9.59 Å². The van der Waals surface area contributed by atoms with Gasteiger partial charge in [0.05, 0.1) is 17.8 Å². The van der Waals surface area contributed by atoms with Gasteiger partial charge in [0, 0.05) is 0 Å². The van der Waals surface area contributed by atoms with Gasteiger partial charge in [0.2, 0.25) is 17.8 Å². The lowest BCUT2D eigenvalue weighted by Gasteiger charge is -2.16. The molecule has 30 heavy (non-hydrogen) atoms. The summed E-state index contributed by atoms with van der Waals surface area (Å²) in [6.45, 7) is 0. The Morgan fingerprint density at radius 2 is 2.03 bits per heavy atom. The SMILES string of the molecule is Nc1nc(S[C@H](Cc2ccccc2)C(=O)Nc2ncc(Br)c(=O)[nH]2)c2[nH]cnc2n1. The van der Waals surface area contributed by atoms with Crippen LogP contribution in [0.3, 0.4) is 0 Å². The highest BCUT2D eigenvalue weighted by Gasteiger charge is 2.24. The first kappa shape index (κ1) is 20.0. The Morgan fingerprint density at radius 3 is 2.80 bits per heavy atom. The molecule has 0 aliphatic heterocycles. The average molecular weight is 487 g/mol. The molecule has 0 aliphatic carbocycles. The van der Waals surface area contributed by atoms with E-state index in [4.69, 9.17) is 5.73 Å². The number of carbonyl (C=O) groups excluding carboxylic acids is 1. The number of fused-ring (bicyclic) bond motifs is 1. The molecule has 152 valence electrons. The fourth-order valence-corrected chi connectivity index (χ4v) is 4.03. The smallest absolute Gasteiger partial charge is 0.266 e. The second kappa shape index (κ2) is 8.63. The van der Waals surface area contributed by atoms with Crippen LogP contribution in [0.4, 0.5) is 11.9 Å². The van der Waals surface area contributed by atoms with Gasteiger partial charge < -0.3 is 10.7 Å². The molecule has 4 rings (SSSR count). The summed E-state index contributed by atoms with van der Waals surface area (Å²) in [5.74, 6) is -0.227. The van der Waals surface area contributed by atoms with E-state index in [0.29, 0.717) is 22.6 Å². The van der Waals surface area contributed by atoms with Gasteiger partial charge in [-0.05, 0) is 27.9 Å². The number of benzene rings is 1. The summed E-state index contributed by atoms with van der Waals surface area (Å²) in [7, 11) is 0. The summed E-state index contributed by atoms with van der Waals surface area (Å²) < 4.78 is 0.272. The van der Waals surface area contributed by atoms with E-state index in [1.807, 2.05) is 30.3 Å². The quantitative estimate of drug-likeness (QED) is 0.238. The Balaban J connectivity index is 1.64. The molecular weight excluding hydrogens is 472 g/mol. The van der Waals surface area contributed by atoms with Crippen LogP contribution in [0.2, 0.25) is 0 Å². The largest absolute Gasteiger partial charge is 0.368 e. The lowest BCUT2D eigenvalue weighted by molar-refractivity contribution is -0.115. The number of anilines is 2. The lowest BCUT2D eigenvalue weighted by atomic mass is 10.1. The van der Waals surface area contributed by atoms with Crippen LogP contribution in [0.25, 0.3) is 11.2 Å². The third kappa shape index (κ3) is 4.49. The standard InChI is InChI=1S/C18H15BrN8O2S/c19-10-7-21-18(25-14(10)28)26-15(29)11(6-9-4-2-1-3-5-9)30-16-12-13(23-8-22-12)24-17(20)27-16/h1-5,7-8,11H,6H2,(H3,20,22,23,24,27)(H2,21,25,26,28,29)/t11-/m1/s1. The molecule has 0 fully saturated rings. The Hall–Kier alpha value is -3.25. The van der Waals surface area contributed by atoms with Crippen LogP contribution in [0.15, 0.2) is 57.1 Å². The van der Waals surface area contributed by atoms with E-state index in [1.165, 1.54) is 24.3 Å². The number of carbonyl (C=O) groups is 1. The first-order valence-electron chi connectivity index (χ1n) is 8.72. The van der Waals surface area contributed by atoms with Gasteiger partial charge in [-0.3, -0.25) is 19.9 Å². The normalized spacial score (nSPS) is 12.0. The molecule has 0 bridgehead atoms. The molecule has 12 heteroatoms. The molecule has 1 amide bonds. The number of halogens is 1. The maximum absolute atomic E-state index is 13.1. The molecule has 0 saturated carbocycles. The van der Waals surface area contributed by atoms with Crippen LogP contribution in [0.1, 0.15) is 5.56 Å². The Morgan fingerprint density at radius 1 is 1.23 bits per heavy atom. The third-order valence-corrected chi connectivity index (χ3v) is 5.83. The van der Waals surface area contributed by atoms with Crippen molar-refractivity contribution >= 4 is 56.7 Å². The van der Waals surface area contributed by atoms with Crippen LogP contribution in [0.5, 0.6) is 0 Å². The summed E-state index contributed by atoms with van der Waals surface area (Å²) in [4.78, 5) is 46.8. The molecule has 0 spiro atoms. The van der Waals surface area contributed by atoms with Crippen LogP contribution in [-0.4, -0.2) is 41.1 Å². The van der Waals surface area contributed by atoms with Gasteiger partial charge in [0.25, 0.3) is 5.56 Å². The van der Waals surface area contributed by atoms with Gasteiger partial charge in [-0.1, -0.05) is 42.1 Å². The number of H-pyrrole nitrogens is 2. The fraction of sp³-hybridized carbons (Fsp3) is 0.111. The van der Waals surface area contributed by atoms with Crippen molar-refractivity contribution in [1.82, 2.24) is 29.9 Å². The van der Waals surface area contributed by atoms with E-state index >= 15 is 0 Å². The van der Waals surface area contributed by atoms with Crippen molar-refractivity contribution in [3.8, 4) is 0 Å². The van der Waals surface area contributed by atoms with Gasteiger partial charge in [-0.2, -0.15) is 4.98 Å². The first-order valence-corrected chi connectivity index (χ1v) is 10.4. The lowest BCUT2D eigenvalue weighted by Crippen LogP contribution is -2.29. The minimum atomic E-state index is -0.595. The zero-order chi connectivity index (χ0) is 21.1. The zero-order valence-electron chi connectivity index (χ0n) is 15.3. The number of imidazole rings is 1. The Kier molecular flexibility index (Phi) is 5.77. The second-order valence-corrected chi connectivity index (χ2v) is 8.23. The van der Waals surface area contributed by atoms with Gasteiger partial charge in [0.15, 0.2) is 5.65 Å². The topological polar surface area (TPSA) is 155 Å². The summed E-state index contributed by atoms with van der Waals surface area (Å²) in [6.07, 6.45) is 3.23. The van der Waals surface area contributed by atoms with Crippen molar-refractivity contribution < 1.29 is 4.79 Å². The van der Waals surface area contributed by atoms with Gasteiger partial charge in [-0.15, -0.1) is 0 Å². The Labute approximate surface area is 182 Å². The van der Waals surface area contributed by atoms with Crippen molar-refractivity contribution in [3.05, 3.63) is 63.2 Å². The Bertz CT molecular complexity index is 1260. The first-order chi connectivity index (χ1) is 14.5. The van der Waals surface area contributed by atoms with Crippen molar-refractivity contribution in [2.24, 2.45) is 0 Å². The summed E-state index contributed by atoms with van der Waals surface area (Å²) in [5.41, 5.74) is 7.38. The molecule has 0 unspecified atom stereocenters. The number of thioether (sulfide) groups is 1. The molecule has 10 nitrogen and oxygen atoms in total. The van der Waals surface area contributed by atoms with E-state index in [-0.39, 0.29) is 22.3 Å². The van der Waals surface area contributed by atoms with Crippen LogP contribution in [0, 0.1) is 0 Å². The van der Waals surface area contributed by atoms with E-state index < -0.39 is 10.8 Å². The number of nitrogen functional groups attached to an aromatic ring is 1. The van der Waals surface area contributed by atoms with E-state index in [1.54, 1.807) is 0 Å². The number of hydrogen-bond acceptors (Lipinski definition) is 8. The van der Waals surface area contributed by atoms with Gasteiger partial charge >= 0.3 is 0 Å². The minimum absolute atomic E-state index is 0.0563. The number of nitrogens with zero attached hydrogens (tertiary/aromatic N) is 4. The number of nitrogens with two attached hydrogens (primary N) is 1. The molecule has 1 aromatic carbocycles. The van der Waals surface area contributed by atoms with Crippen molar-refractivity contribution in [2.45, 2.75) is 16.7 Å². The zero-order valence-corrected chi connectivity index (χ0v) is 17.7. The van der Waals surface area contributed by atoms with Crippen LogP contribution >= 0.6 is 27.7 Å². The number of hydrogen-bond donors (Lipinski definition) is 4. The molecule has 0 aliphatic rings. The summed E-state index contributed by atoms with van der Waals surface area (Å²) in [6, 6.07) is 9.57. The summed E-state index contributed by atoms with van der Waals surface area (Å²) in [5, 5.41) is 2.57. The number of aromatic nitrogens is 6. The fourth-order valence-electron chi connectivity index (χ4n) is 2.70. The average Bonchev–Trinajstić information content (AvgIpc) is 3.19. The number of nitrogens with one attached hydrogen (secondary N) is 3. The van der Waals surface area contributed by atoms with Crippen LogP contribution in [-0.2, 0) is 11.2 Å². The van der Waals surface area contributed by atoms with Gasteiger partial charge in [-0.25, -0.2) is 15.0 Å². The third-order valence-electron chi connectivity index (χ3n) is 4.08.